The van der Waals surface area contributed by atoms with Crippen LogP contribution in [0.15, 0.2) is 18.2 Å². The molecule has 5 heteroatoms. The second kappa shape index (κ2) is 6.57. The molecule has 1 saturated carbocycles. The van der Waals surface area contributed by atoms with Crippen molar-refractivity contribution in [2.75, 3.05) is 12.4 Å². The normalized spacial score (nSPS) is 17.4. The molecule has 1 aliphatic rings. The molecule has 1 amide bonds. The summed E-state index contributed by atoms with van der Waals surface area (Å²) in [6.45, 7) is 0. The molecular weight excluding hydrogens is 271 g/mol. The fraction of sp³-hybridized carbons (Fsp3) is 0.500. The molecule has 1 aliphatic carbocycles. The lowest BCUT2D eigenvalue weighted by molar-refractivity contribution is -0.123. The lowest BCUT2D eigenvalue weighted by Crippen LogP contribution is -2.34. The number of methoxy groups -OCH3 is 1. The largest absolute Gasteiger partial charge is 0.494 e. The molecule has 1 aromatic rings. The average molecular weight is 290 g/mol. The standard InChI is InChI=1S/C16H19FN2O2/c1-21-14-10-12(17)6-7-13(14)19-15(20)16(11-18)8-4-2-3-5-9-16/h6-7,10H,2-5,8-9H2,1H3,(H,19,20). The molecule has 21 heavy (non-hydrogen) atoms. The van der Waals surface area contributed by atoms with Crippen molar-refractivity contribution in [2.24, 2.45) is 5.41 Å². The molecule has 4 nitrogen and oxygen atoms in total. The lowest BCUT2D eigenvalue weighted by atomic mass is 9.81. The van der Waals surface area contributed by atoms with Crippen LogP contribution in [0.2, 0.25) is 0 Å². The van der Waals surface area contributed by atoms with Crippen molar-refractivity contribution in [3.63, 3.8) is 0 Å². The highest BCUT2D eigenvalue weighted by Gasteiger charge is 2.39. The number of halogens is 1. The van der Waals surface area contributed by atoms with Gasteiger partial charge in [0.15, 0.2) is 0 Å². The second-order valence-corrected chi connectivity index (χ2v) is 5.41. The Balaban J connectivity index is 2.22. The molecule has 112 valence electrons. The number of carbonyl (C=O) groups excluding carboxylic acids is 1. The van der Waals surface area contributed by atoms with Gasteiger partial charge < -0.3 is 10.1 Å². The third kappa shape index (κ3) is 3.33. The topological polar surface area (TPSA) is 62.1 Å². The van der Waals surface area contributed by atoms with E-state index >= 15 is 0 Å². The predicted octanol–water partition coefficient (Wildman–Crippen LogP) is 3.64. The van der Waals surface area contributed by atoms with Crippen LogP contribution in [0.25, 0.3) is 0 Å². The first-order valence-electron chi connectivity index (χ1n) is 7.17. The van der Waals surface area contributed by atoms with Gasteiger partial charge in [-0.25, -0.2) is 4.39 Å². The highest BCUT2D eigenvalue weighted by atomic mass is 19.1. The summed E-state index contributed by atoms with van der Waals surface area (Å²) in [5.74, 6) is -0.504. The van der Waals surface area contributed by atoms with Gasteiger partial charge in [-0.2, -0.15) is 5.26 Å². The van der Waals surface area contributed by atoms with Crippen LogP contribution in [0.5, 0.6) is 5.75 Å². The van der Waals surface area contributed by atoms with E-state index in [4.69, 9.17) is 4.74 Å². The SMILES string of the molecule is COc1cc(F)ccc1NC(=O)C1(C#N)CCCCCC1. The minimum atomic E-state index is -0.990. The van der Waals surface area contributed by atoms with E-state index in [1.165, 1.54) is 25.3 Å². The summed E-state index contributed by atoms with van der Waals surface area (Å²) in [7, 11) is 1.41. The van der Waals surface area contributed by atoms with Gasteiger partial charge in [-0.1, -0.05) is 25.7 Å². The molecule has 0 unspecified atom stereocenters. The van der Waals surface area contributed by atoms with Gasteiger partial charge in [0.2, 0.25) is 5.91 Å². The van der Waals surface area contributed by atoms with E-state index in [2.05, 4.69) is 11.4 Å². The van der Waals surface area contributed by atoms with Gasteiger partial charge in [0, 0.05) is 6.07 Å². The van der Waals surface area contributed by atoms with E-state index in [0.717, 1.165) is 25.7 Å². The Morgan fingerprint density at radius 2 is 2.00 bits per heavy atom. The van der Waals surface area contributed by atoms with Gasteiger partial charge in [-0.15, -0.1) is 0 Å². The molecule has 0 aliphatic heterocycles. The van der Waals surface area contributed by atoms with Crippen LogP contribution in [-0.4, -0.2) is 13.0 Å². The number of nitriles is 1. The summed E-state index contributed by atoms with van der Waals surface area (Å²) in [6.07, 6.45) is 4.99. The molecule has 0 saturated heterocycles. The predicted molar refractivity (Wildman–Crippen MR) is 77.3 cm³/mol. The number of hydrogen-bond donors (Lipinski definition) is 1. The van der Waals surface area contributed by atoms with Crippen molar-refractivity contribution in [1.82, 2.24) is 0 Å². The molecule has 0 spiro atoms. The van der Waals surface area contributed by atoms with Crippen molar-refractivity contribution >= 4 is 11.6 Å². The molecule has 0 bridgehead atoms. The summed E-state index contributed by atoms with van der Waals surface area (Å²) >= 11 is 0. The monoisotopic (exact) mass is 290 g/mol. The molecule has 1 aromatic carbocycles. The first kappa shape index (κ1) is 15.3. The summed E-state index contributed by atoms with van der Waals surface area (Å²) in [5.41, 5.74) is -0.599. The zero-order chi connectivity index (χ0) is 15.3. The lowest BCUT2D eigenvalue weighted by Gasteiger charge is -2.24. The van der Waals surface area contributed by atoms with Gasteiger partial charge in [-0.3, -0.25) is 4.79 Å². The molecular formula is C16H19FN2O2. The number of hydrogen-bond acceptors (Lipinski definition) is 3. The fourth-order valence-corrected chi connectivity index (χ4v) is 2.73. The van der Waals surface area contributed by atoms with Crippen molar-refractivity contribution < 1.29 is 13.9 Å². The number of ether oxygens (including phenoxy) is 1. The Labute approximate surface area is 123 Å². The number of benzene rings is 1. The van der Waals surface area contributed by atoms with Gasteiger partial charge in [0.05, 0.1) is 18.9 Å². The van der Waals surface area contributed by atoms with Crippen molar-refractivity contribution in [3.8, 4) is 11.8 Å². The quantitative estimate of drug-likeness (QED) is 0.864. The Morgan fingerprint density at radius 1 is 1.33 bits per heavy atom. The maximum Gasteiger partial charge on any atom is 0.244 e. The molecule has 0 aromatic heterocycles. The maximum absolute atomic E-state index is 13.2. The van der Waals surface area contributed by atoms with E-state index in [1.54, 1.807) is 0 Å². The van der Waals surface area contributed by atoms with E-state index in [0.29, 0.717) is 18.5 Å². The zero-order valence-electron chi connectivity index (χ0n) is 12.1. The number of nitrogens with zero attached hydrogens (tertiary/aromatic N) is 1. The zero-order valence-corrected chi connectivity index (χ0v) is 12.1. The molecule has 1 N–H and O–H groups in total. The van der Waals surface area contributed by atoms with Crippen molar-refractivity contribution in [1.29, 1.82) is 5.26 Å². The van der Waals surface area contributed by atoms with Crippen LogP contribution in [-0.2, 0) is 4.79 Å². The van der Waals surface area contributed by atoms with Crippen LogP contribution in [0.4, 0.5) is 10.1 Å². The number of carbonyl (C=O) groups is 1. The van der Waals surface area contributed by atoms with Crippen LogP contribution < -0.4 is 10.1 Å². The molecule has 0 heterocycles. The highest BCUT2D eigenvalue weighted by molar-refractivity contribution is 5.98. The second-order valence-electron chi connectivity index (χ2n) is 5.41. The van der Waals surface area contributed by atoms with Crippen LogP contribution >= 0.6 is 0 Å². The summed E-state index contributed by atoms with van der Waals surface area (Å²) in [5, 5.41) is 12.2. The van der Waals surface area contributed by atoms with Crippen LogP contribution in [0.1, 0.15) is 38.5 Å². The maximum atomic E-state index is 13.2. The van der Waals surface area contributed by atoms with Gasteiger partial charge in [0.1, 0.15) is 17.0 Å². The van der Waals surface area contributed by atoms with E-state index in [9.17, 15) is 14.4 Å². The number of rotatable bonds is 3. The van der Waals surface area contributed by atoms with Crippen molar-refractivity contribution in [3.05, 3.63) is 24.0 Å². The Hall–Kier alpha value is -2.09. The molecule has 0 atom stereocenters. The molecule has 0 radical (unpaired) electrons. The first-order chi connectivity index (χ1) is 10.1. The average Bonchev–Trinajstić information content (AvgIpc) is 2.75. The van der Waals surface area contributed by atoms with E-state index < -0.39 is 11.2 Å². The highest BCUT2D eigenvalue weighted by Crippen LogP contribution is 2.36. The van der Waals surface area contributed by atoms with E-state index in [-0.39, 0.29) is 11.7 Å². The Kier molecular flexibility index (Phi) is 4.79. The minimum absolute atomic E-state index is 0.255. The van der Waals surface area contributed by atoms with Gasteiger partial charge >= 0.3 is 0 Å². The van der Waals surface area contributed by atoms with E-state index in [1.807, 2.05) is 0 Å². The van der Waals surface area contributed by atoms with Crippen LogP contribution in [0, 0.1) is 22.6 Å². The summed E-state index contributed by atoms with van der Waals surface area (Å²) in [6, 6.07) is 6.12. The molecule has 1 fully saturated rings. The van der Waals surface area contributed by atoms with Crippen LogP contribution in [0.3, 0.4) is 0 Å². The summed E-state index contributed by atoms with van der Waals surface area (Å²) in [4.78, 5) is 12.5. The number of nitrogens with one attached hydrogen (secondary N) is 1. The Bertz CT molecular complexity index is 558. The van der Waals surface area contributed by atoms with Gasteiger partial charge in [-0.05, 0) is 25.0 Å². The van der Waals surface area contributed by atoms with Crippen molar-refractivity contribution in [2.45, 2.75) is 38.5 Å². The summed E-state index contributed by atoms with van der Waals surface area (Å²) < 4.78 is 18.2. The van der Waals surface area contributed by atoms with Gasteiger partial charge in [0.25, 0.3) is 0 Å². The number of amides is 1. The third-order valence-electron chi connectivity index (χ3n) is 4.02. The smallest absolute Gasteiger partial charge is 0.244 e. The first-order valence-corrected chi connectivity index (χ1v) is 7.17. The minimum Gasteiger partial charge on any atom is -0.494 e. The fourth-order valence-electron chi connectivity index (χ4n) is 2.73. The number of anilines is 1. The molecule has 2 rings (SSSR count). The third-order valence-corrected chi connectivity index (χ3v) is 4.02. The Morgan fingerprint density at radius 3 is 2.57 bits per heavy atom.